The molecule has 0 radical (unpaired) electrons. The van der Waals surface area contributed by atoms with Crippen molar-refractivity contribution in [2.45, 2.75) is 6.54 Å². The number of halogens is 1. The molecule has 2 aromatic rings. The predicted molar refractivity (Wildman–Crippen MR) is 118 cm³/mol. The fourth-order valence-corrected chi connectivity index (χ4v) is 4.32. The van der Waals surface area contributed by atoms with Gasteiger partial charge in [0.05, 0.1) is 9.90 Å². The van der Waals surface area contributed by atoms with Crippen LogP contribution in [-0.2, 0) is 35.0 Å². The summed E-state index contributed by atoms with van der Waals surface area (Å²) in [5.41, 5.74) is -0.823. The number of hydrogen-bond donors (Lipinski definition) is 0. The number of ether oxygens (including phenoxy) is 1. The highest BCUT2D eigenvalue weighted by molar-refractivity contribution is 7.16. The molecule has 1 aliphatic heterocycles. The second-order valence-corrected chi connectivity index (χ2v) is 8.95. The first-order valence-electron chi connectivity index (χ1n) is 9.60. The summed E-state index contributed by atoms with van der Waals surface area (Å²) in [6.45, 7) is 2.99. The van der Waals surface area contributed by atoms with E-state index in [0.29, 0.717) is 13.1 Å². The fraction of sp³-hybridized carbons (Fsp3) is 0.400. The van der Waals surface area contributed by atoms with E-state index in [9.17, 15) is 19.2 Å². The number of nitrogens with zero attached hydrogens (tertiary/aromatic N) is 4. The van der Waals surface area contributed by atoms with Crippen molar-refractivity contribution in [2.75, 3.05) is 32.8 Å². The van der Waals surface area contributed by atoms with E-state index in [-0.39, 0.29) is 18.1 Å². The van der Waals surface area contributed by atoms with Crippen LogP contribution < -0.4 is 11.2 Å². The molecular weight excluding hydrogens is 444 g/mol. The summed E-state index contributed by atoms with van der Waals surface area (Å²) >= 11 is 7.51. The molecule has 0 atom stereocenters. The van der Waals surface area contributed by atoms with E-state index >= 15 is 0 Å². The molecule has 0 saturated carbocycles. The predicted octanol–water partition coefficient (Wildman–Crippen LogP) is 0.700. The van der Waals surface area contributed by atoms with Crippen molar-refractivity contribution in [3.8, 4) is 0 Å². The van der Waals surface area contributed by atoms with Crippen LogP contribution in [0.15, 0.2) is 34.0 Å². The first-order chi connectivity index (χ1) is 14.7. The average molecular weight is 467 g/mol. The van der Waals surface area contributed by atoms with Gasteiger partial charge in [0.15, 0.2) is 6.61 Å². The Bertz CT molecular complexity index is 1110. The topological polar surface area (TPSA) is 93.8 Å². The summed E-state index contributed by atoms with van der Waals surface area (Å²) in [5, 5.41) is 0. The standard InChI is InChI=1S/C20H23ClN4O5S/c1-22-11-14(19(28)23(2)20(22)29)3-6-18(27)30-13-17(26)25-9-7-24(8-10-25)12-15-4-5-16(21)31-15/h3-6,11H,7-10,12-13H2,1-2H3/b6-3+. The molecule has 1 saturated heterocycles. The van der Waals surface area contributed by atoms with Gasteiger partial charge < -0.3 is 14.2 Å². The smallest absolute Gasteiger partial charge is 0.331 e. The van der Waals surface area contributed by atoms with E-state index in [1.807, 2.05) is 12.1 Å². The van der Waals surface area contributed by atoms with Crippen LogP contribution in [0.1, 0.15) is 10.4 Å². The number of esters is 1. The van der Waals surface area contributed by atoms with Crippen molar-refractivity contribution in [3.63, 3.8) is 0 Å². The molecule has 166 valence electrons. The number of amides is 1. The van der Waals surface area contributed by atoms with Crippen LogP contribution in [0.25, 0.3) is 6.08 Å². The maximum Gasteiger partial charge on any atom is 0.331 e. The molecule has 0 N–H and O–H groups in total. The van der Waals surface area contributed by atoms with Gasteiger partial charge in [0, 0.05) is 64.0 Å². The molecule has 9 nitrogen and oxygen atoms in total. The minimum absolute atomic E-state index is 0.163. The molecule has 0 aromatic carbocycles. The molecule has 0 unspecified atom stereocenters. The van der Waals surface area contributed by atoms with Crippen molar-refractivity contribution < 1.29 is 14.3 Å². The molecule has 3 heterocycles. The zero-order valence-electron chi connectivity index (χ0n) is 17.2. The zero-order chi connectivity index (χ0) is 22.5. The number of carbonyl (C=O) groups excluding carboxylic acids is 2. The summed E-state index contributed by atoms with van der Waals surface area (Å²) < 4.78 is 7.95. The first-order valence-corrected chi connectivity index (χ1v) is 10.8. The summed E-state index contributed by atoms with van der Waals surface area (Å²) in [6, 6.07) is 3.88. The van der Waals surface area contributed by atoms with Gasteiger partial charge in [-0.1, -0.05) is 11.6 Å². The molecule has 0 aliphatic carbocycles. The Morgan fingerprint density at radius 3 is 2.52 bits per heavy atom. The SMILES string of the molecule is Cn1cc(/C=C/C(=O)OCC(=O)N2CCN(Cc3ccc(Cl)s3)CC2)c(=O)n(C)c1=O. The van der Waals surface area contributed by atoms with E-state index in [1.165, 1.54) is 35.8 Å². The van der Waals surface area contributed by atoms with Crippen molar-refractivity contribution in [1.29, 1.82) is 0 Å². The van der Waals surface area contributed by atoms with Crippen molar-refractivity contribution in [2.24, 2.45) is 14.1 Å². The van der Waals surface area contributed by atoms with E-state index in [4.69, 9.17) is 16.3 Å². The van der Waals surface area contributed by atoms with Gasteiger partial charge in [0.1, 0.15) is 0 Å². The van der Waals surface area contributed by atoms with E-state index in [2.05, 4.69) is 4.90 Å². The number of piperazine rings is 1. The molecule has 31 heavy (non-hydrogen) atoms. The maximum atomic E-state index is 12.3. The van der Waals surface area contributed by atoms with Crippen LogP contribution in [-0.4, -0.2) is 63.6 Å². The Morgan fingerprint density at radius 2 is 1.87 bits per heavy atom. The Kier molecular flexibility index (Phi) is 7.47. The lowest BCUT2D eigenvalue weighted by Gasteiger charge is -2.34. The summed E-state index contributed by atoms with van der Waals surface area (Å²) in [5.74, 6) is -1.00. The van der Waals surface area contributed by atoms with Gasteiger partial charge >= 0.3 is 11.7 Å². The fourth-order valence-electron chi connectivity index (χ4n) is 3.19. The summed E-state index contributed by atoms with van der Waals surface area (Å²) in [4.78, 5) is 53.1. The molecule has 1 fully saturated rings. The minimum Gasteiger partial charge on any atom is -0.452 e. The second-order valence-electron chi connectivity index (χ2n) is 7.15. The third-order valence-corrected chi connectivity index (χ3v) is 6.16. The molecule has 11 heteroatoms. The van der Waals surface area contributed by atoms with Crippen LogP contribution in [0, 0.1) is 0 Å². The number of aryl methyl sites for hydroxylation is 1. The highest BCUT2D eigenvalue weighted by atomic mass is 35.5. The van der Waals surface area contributed by atoms with Gasteiger partial charge in [-0.05, 0) is 18.2 Å². The highest BCUT2D eigenvalue weighted by Gasteiger charge is 2.22. The number of hydrogen-bond acceptors (Lipinski definition) is 7. The Morgan fingerprint density at radius 1 is 1.16 bits per heavy atom. The molecule has 3 rings (SSSR count). The highest BCUT2D eigenvalue weighted by Crippen LogP contribution is 2.23. The maximum absolute atomic E-state index is 12.3. The largest absolute Gasteiger partial charge is 0.452 e. The lowest BCUT2D eigenvalue weighted by Crippen LogP contribution is -2.49. The Balaban J connectivity index is 1.45. The van der Waals surface area contributed by atoms with Crippen molar-refractivity contribution in [3.05, 3.63) is 60.0 Å². The van der Waals surface area contributed by atoms with Crippen LogP contribution in [0.3, 0.4) is 0 Å². The van der Waals surface area contributed by atoms with Gasteiger partial charge in [0.25, 0.3) is 11.5 Å². The van der Waals surface area contributed by atoms with Crippen molar-refractivity contribution in [1.82, 2.24) is 18.9 Å². The average Bonchev–Trinajstić information content (AvgIpc) is 3.17. The van der Waals surface area contributed by atoms with Crippen LogP contribution in [0.5, 0.6) is 0 Å². The normalized spacial score (nSPS) is 14.9. The molecule has 1 aliphatic rings. The van der Waals surface area contributed by atoms with Gasteiger partial charge in [-0.2, -0.15) is 0 Å². The monoisotopic (exact) mass is 466 g/mol. The zero-order valence-corrected chi connectivity index (χ0v) is 18.8. The minimum atomic E-state index is -0.738. The number of thiophene rings is 1. The molecule has 1 amide bonds. The summed E-state index contributed by atoms with van der Waals surface area (Å²) in [6.07, 6.45) is 3.67. The lowest BCUT2D eigenvalue weighted by atomic mass is 10.3. The summed E-state index contributed by atoms with van der Waals surface area (Å²) in [7, 11) is 2.86. The quantitative estimate of drug-likeness (QED) is 0.459. The van der Waals surface area contributed by atoms with E-state index in [0.717, 1.165) is 34.6 Å². The van der Waals surface area contributed by atoms with Crippen molar-refractivity contribution >= 4 is 40.9 Å². The van der Waals surface area contributed by atoms with E-state index in [1.54, 1.807) is 16.2 Å². The third-order valence-electron chi connectivity index (χ3n) is 4.94. The number of carbonyl (C=O) groups is 2. The molecular formula is C20H23ClN4O5S. The van der Waals surface area contributed by atoms with Gasteiger partial charge in [-0.15, -0.1) is 11.3 Å². The van der Waals surface area contributed by atoms with Gasteiger partial charge in [-0.25, -0.2) is 9.59 Å². The molecule has 0 bridgehead atoms. The first kappa shape index (κ1) is 23.0. The number of aromatic nitrogens is 2. The van der Waals surface area contributed by atoms with Crippen LogP contribution >= 0.6 is 22.9 Å². The van der Waals surface area contributed by atoms with E-state index < -0.39 is 17.2 Å². The Labute approximate surface area is 187 Å². The molecule has 0 spiro atoms. The van der Waals surface area contributed by atoms with Crippen LogP contribution in [0.2, 0.25) is 4.34 Å². The van der Waals surface area contributed by atoms with Crippen LogP contribution in [0.4, 0.5) is 0 Å². The lowest BCUT2D eigenvalue weighted by molar-refractivity contribution is -0.149. The third kappa shape index (κ3) is 5.93. The van der Waals surface area contributed by atoms with Gasteiger partial charge in [-0.3, -0.25) is 19.1 Å². The Hall–Kier alpha value is -2.69. The van der Waals surface area contributed by atoms with Gasteiger partial charge in [0.2, 0.25) is 0 Å². The second kappa shape index (κ2) is 10.1. The molecule has 2 aromatic heterocycles. The number of rotatable bonds is 6.